The number of halogens is 1. The Kier molecular flexibility index (Phi) is 3.74. The predicted octanol–water partition coefficient (Wildman–Crippen LogP) is -0.514. The Bertz CT molecular complexity index is 167. The Hall–Kier alpha value is -0.360. The second kappa shape index (κ2) is 4.61. The lowest BCUT2D eigenvalue weighted by Crippen LogP contribution is -2.34. The van der Waals surface area contributed by atoms with E-state index in [2.05, 4.69) is 20.9 Å². The van der Waals surface area contributed by atoms with Crippen molar-refractivity contribution in [2.45, 2.75) is 24.6 Å². The van der Waals surface area contributed by atoms with Crippen molar-refractivity contribution < 1.29 is 9.53 Å². The molecule has 0 spiro atoms. The van der Waals surface area contributed by atoms with Gasteiger partial charge >= 0.3 is 5.97 Å². The van der Waals surface area contributed by atoms with Crippen molar-refractivity contribution in [3.8, 4) is 0 Å². The number of hydrogen-bond acceptors (Lipinski definition) is 5. The average Bonchev–Trinajstić information content (AvgIpc) is 2.47. The number of alkyl halides is 1. The predicted molar refractivity (Wildman–Crippen MR) is 44.1 cm³/mol. The summed E-state index contributed by atoms with van der Waals surface area (Å²) in [7, 11) is 1.38. The van der Waals surface area contributed by atoms with Crippen LogP contribution >= 0.6 is 11.6 Å². The maximum atomic E-state index is 10.7. The Morgan fingerprint density at radius 1 is 1.58 bits per heavy atom. The van der Waals surface area contributed by atoms with Crippen LogP contribution in [-0.4, -0.2) is 24.9 Å². The van der Waals surface area contributed by atoms with Crippen LogP contribution in [0.25, 0.3) is 0 Å². The first kappa shape index (κ1) is 9.73. The van der Waals surface area contributed by atoms with E-state index in [0.29, 0.717) is 12.8 Å². The third-order valence-corrected chi connectivity index (χ3v) is 1.83. The highest BCUT2D eigenvalue weighted by Gasteiger charge is 2.20. The van der Waals surface area contributed by atoms with Crippen LogP contribution in [0, 0.1) is 0 Å². The van der Waals surface area contributed by atoms with Crippen LogP contribution in [0.2, 0.25) is 0 Å². The van der Waals surface area contributed by atoms with Crippen LogP contribution < -0.4 is 16.2 Å². The van der Waals surface area contributed by atoms with Crippen molar-refractivity contribution in [2.75, 3.05) is 7.11 Å². The molecule has 3 N–H and O–H groups in total. The zero-order valence-corrected chi connectivity index (χ0v) is 7.52. The molecule has 1 saturated heterocycles. The monoisotopic (exact) mass is 193 g/mol. The molecule has 0 amide bonds. The molecule has 0 saturated carbocycles. The number of esters is 1. The van der Waals surface area contributed by atoms with Crippen molar-refractivity contribution in [1.29, 1.82) is 0 Å². The first-order chi connectivity index (χ1) is 5.72. The zero-order valence-electron chi connectivity index (χ0n) is 6.76. The maximum Gasteiger partial charge on any atom is 0.305 e. The molecule has 5 nitrogen and oxygen atoms in total. The summed E-state index contributed by atoms with van der Waals surface area (Å²) in [5.74, 6) is -0.211. The smallest absolute Gasteiger partial charge is 0.305 e. The van der Waals surface area contributed by atoms with Gasteiger partial charge in [0.2, 0.25) is 0 Å². The van der Waals surface area contributed by atoms with Crippen molar-refractivity contribution in [3.63, 3.8) is 0 Å². The molecule has 1 fully saturated rings. The highest BCUT2D eigenvalue weighted by atomic mass is 35.5. The molecular formula is C6H12ClN3O2. The first-order valence-electron chi connectivity index (χ1n) is 3.70. The minimum atomic E-state index is -0.271. The van der Waals surface area contributed by atoms with Gasteiger partial charge in [0.15, 0.2) is 0 Å². The van der Waals surface area contributed by atoms with E-state index in [1.807, 2.05) is 0 Å². The molecule has 2 atom stereocenters. The Morgan fingerprint density at radius 2 is 2.33 bits per heavy atom. The molecule has 0 bridgehead atoms. The molecule has 1 heterocycles. The minimum absolute atomic E-state index is 0.0339. The van der Waals surface area contributed by atoms with E-state index in [4.69, 9.17) is 11.6 Å². The molecule has 0 aromatic carbocycles. The van der Waals surface area contributed by atoms with Gasteiger partial charge in [0.1, 0.15) is 5.62 Å². The molecule has 0 aromatic rings. The van der Waals surface area contributed by atoms with E-state index in [1.54, 1.807) is 0 Å². The number of carbonyl (C=O) groups excluding carboxylic acids is 1. The van der Waals surface area contributed by atoms with Crippen molar-refractivity contribution >= 4 is 17.6 Å². The summed E-state index contributed by atoms with van der Waals surface area (Å²) >= 11 is 5.66. The third-order valence-electron chi connectivity index (χ3n) is 1.60. The highest BCUT2D eigenvalue weighted by Crippen LogP contribution is 2.01. The van der Waals surface area contributed by atoms with Gasteiger partial charge in [-0.2, -0.15) is 0 Å². The summed E-state index contributed by atoms with van der Waals surface area (Å²) in [6.07, 6.45) is 1.07. The van der Waals surface area contributed by atoms with E-state index in [0.717, 1.165) is 0 Å². The topological polar surface area (TPSA) is 62.4 Å². The number of carbonyl (C=O) groups is 1. The van der Waals surface area contributed by atoms with Gasteiger partial charge in [-0.25, -0.2) is 10.9 Å². The number of hydrazine groups is 1. The van der Waals surface area contributed by atoms with Crippen molar-refractivity contribution in [2.24, 2.45) is 0 Å². The maximum absolute atomic E-state index is 10.7. The molecule has 12 heavy (non-hydrogen) atoms. The first-order valence-corrected chi connectivity index (χ1v) is 4.14. The fraction of sp³-hybridized carbons (Fsp3) is 0.833. The van der Waals surface area contributed by atoms with Crippen molar-refractivity contribution in [3.05, 3.63) is 0 Å². The normalized spacial score (nSPS) is 28.8. The van der Waals surface area contributed by atoms with Crippen LogP contribution in [-0.2, 0) is 9.53 Å². The lowest BCUT2D eigenvalue weighted by molar-refractivity contribution is -0.140. The average molecular weight is 194 g/mol. The molecule has 2 unspecified atom stereocenters. The van der Waals surface area contributed by atoms with Gasteiger partial charge in [-0.05, 0) is 6.42 Å². The molecule has 6 heteroatoms. The highest BCUT2D eigenvalue weighted by molar-refractivity contribution is 6.20. The molecule has 70 valence electrons. The standard InChI is InChI=1S/C6H12ClN3O2/c1-12-5(11)3-2-4-8-6(7)10-9-4/h4,6,8-10H,2-3H2,1H3. The van der Waals surface area contributed by atoms with Gasteiger partial charge in [-0.1, -0.05) is 11.6 Å². The fourth-order valence-corrected chi connectivity index (χ4v) is 1.17. The van der Waals surface area contributed by atoms with Gasteiger partial charge in [-0.3, -0.25) is 10.1 Å². The molecule has 1 aliphatic heterocycles. The molecule has 1 rings (SSSR count). The number of rotatable bonds is 3. The summed E-state index contributed by atoms with van der Waals surface area (Å²) in [4.78, 5) is 10.7. The van der Waals surface area contributed by atoms with Crippen LogP contribution in [0.4, 0.5) is 0 Å². The van der Waals surface area contributed by atoms with E-state index in [-0.39, 0.29) is 17.8 Å². The van der Waals surface area contributed by atoms with Crippen LogP contribution in [0.5, 0.6) is 0 Å². The fourth-order valence-electron chi connectivity index (χ4n) is 0.953. The van der Waals surface area contributed by atoms with Gasteiger partial charge in [0.05, 0.1) is 13.3 Å². The quantitative estimate of drug-likeness (QED) is 0.320. The Balaban J connectivity index is 2.11. The van der Waals surface area contributed by atoms with Gasteiger partial charge in [0.25, 0.3) is 0 Å². The lowest BCUT2D eigenvalue weighted by atomic mass is 10.2. The van der Waals surface area contributed by atoms with Gasteiger partial charge in [0, 0.05) is 6.42 Å². The second-order valence-electron chi connectivity index (χ2n) is 2.49. The number of hydrogen-bond donors (Lipinski definition) is 3. The third kappa shape index (κ3) is 2.94. The van der Waals surface area contributed by atoms with Crippen LogP contribution in [0.1, 0.15) is 12.8 Å². The summed E-state index contributed by atoms with van der Waals surface area (Å²) in [6, 6.07) is 0. The molecule has 0 aliphatic carbocycles. The van der Waals surface area contributed by atoms with E-state index < -0.39 is 0 Å². The van der Waals surface area contributed by atoms with E-state index in [1.165, 1.54) is 7.11 Å². The van der Waals surface area contributed by atoms with Crippen LogP contribution in [0.3, 0.4) is 0 Å². The molecule has 0 aromatic heterocycles. The number of methoxy groups -OCH3 is 1. The molecule has 1 aliphatic rings. The van der Waals surface area contributed by atoms with E-state index in [9.17, 15) is 4.79 Å². The summed E-state index contributed by atoms with van der Waals surface area (Å²) in [6.45, 7) is 0. The molecular weight excluding hydrogens is 182 g/mol. The van der Waals surface area contributed by atoms with Crippen LogP contribution in [0.15, 0.2) is 0 Å². The number of ether oxygens (including phenoxy) is 1. The summed E-state index contributed by atoms with van der Waals surface area (Å²) in [5.41, 5.74) is 5.38. The Morgan fingerprint density at radius 3 is 2.83 bits per heavy atom. The molecule has 0 radical (unpaired) electrons. The largest absolute Gasteiger partial charge is 0.469 e. The van der Waals surface area contributed by atoms with Crippen molar-refractivity contribution in [1.82, 2.24) is 16.2 Å². The number of nitrogens with one attached hydrogen (secondary N) is 3. The van der Waals surface area contributed by atoms with Gasteiger partial charge < -0.3 is 4.74 Å². The summed E-state index contributed by atoms with van der Waals surface area (Å²) in [5, 5.41) is 2.97. The lowest BCUT2D eigenvalue weighted by Gasteiger charge is -2.07. The summed E-state index contributed by atoms with van der Waals surface area (Å²) < 4.78 is 4.49. The van der Waals surface area contributed by atoms with E-state index >= 15 is 0 Å². The Labute approximate surface area is 75.8 Å². The second-order valence-corrected chi connectivity index (χ2v) is 2.92. The van der Waals surface area contributed by atoms with Gasteiger partial charge in [-0.15, -0.1) is 0 Å². The zero-order chi connectivity index (χ0) is 8.97. The SMILES string of the molecule is COC(=O)CCC1NNC(Cl)N1. The minimum Gasteiger partial charge on any atom is -0.469 e.